The molecule has 0 fully saturated rings. The molecular formula is C45H56HfSi. The van der Waals surface area contributed by atoms with Crippen molar-refractivity contribution in [1.29, 1.82) is 0 Å². The van der Waals surface area contributed by atoms with Crippen LogP contribution in [0.5, 0.6) is 0 Å². The molecule has 0 nitrogen and oxygen atoms in total. The van der Waals surface area contributed by atoms with E-state index in [1.54, 1.807) is 11.1 Å². The molecule has 2 aliphatic rings. The fourth-order valence-electron chi connectivity index (χ4n) is 8.59. The van der Waals surface area contributed by atoms with Gasteiger partial charge in [-0.25, -0.2) is 0 Å². The van der Waals surface area contributed by atoms with Crippen molar-refractivity contribution in [3.8, 4) is 22.3 Å². The summed E-state index contributed by atoms with van der Waals surface area (Å²) in [5.74, 6) is 0. The molecule has 0 radical (unpaired) electrons. The standard InChI is InChI=1S/2C19H19.C5H12Si.2CH3.Hf/c2*1-19(2,3)16-12-10-15(11-13-16)18-9-5-7-14-6-4-8-17(14)18;1-3-4-5-6-2;;;/h2*4-13H,1-3H3;3-5H2,1-2H3;2*1H3;. The molecule has 0 heterocycles. The number of unbranched alkanes of at least 4 members (excludes halogenated alkanes) is 1. The van der Waals surface area contributed by atoms with Crippen LogP contribution in [0.15, 0.2) is 97.1 Å². The summed E-state index contributed by atoms with van der Waals surface area (Å²) in [4.78, 5) is 0. The van der Waals surface area contributed by atoms with Gasteiger partial charge in [0.1, 0.15) is 0 Å². The van der Waals surface area contributed by atoms with Gasteiger partial charge in [0, 0.05) is 0 Å². The van der Waals surface area contributed by atoms with Crippen LogP contribution in [0.4, 0.5) is 0 Å². The summed E-state index contributed by atoms with van der Waals surface area (Å²) < 4.78 is 6.87. The number of rotatable bonds is 7. The first kappa shape index (κ1) is 34.3. The predicted molar refractivity (Wildman–Crippen MR) is 208 cm³/mol. The zero-order chi connectivity index (χ0) is 33.8. The van der Waals surface area contributed by atoms with Crippen molar-refractivity contribution in [3.05, 3.63) is 130 Å². The summed E-state index contributed by atoms with van der Waals surface area (Å²) in [7, 11) is 0. The van der Waals surface area contributed by atoms with Gasteiger partial charge >= 0.3 is 289 Å². The van der Waals surface area contributed by atoms with E-state index in [0.29, 0.717) is 7.35 Å². The third-order valence-electron chi connectivity index (χ3n) is 12.2. The van der Waals surface area contributed by atoms with Crippen molar-refractivity contribution in [1.82, 2.24) is 0 Å². The Kier molecular flexibility index (Phi) is 9.05. The van der Waals surface area contributed by atoms with Gasteiger partial charge in [0.2, 0.25) is 0 Å². The van der Waals surface area contributed by atoms with Gasteiger partial charge in [0.15, 0.2) is 0 Å². The van der Waals surface area contributed by atoms with Crippen LogP contribution in [0.2, 0.25) is 22.0 Å². The zero-order valence-electron chi connectivity index (χ0n) is 30.7. The van der Waals surface area contributed by atoms with E-state index in [-0.39, 0.29) is 10.8 Å². The minimum atomic E-state index is -3.83. The third-order valence-corrected chi connectivity index (χ3v) is 70.1. The van der Waals surface area contributed by atoms with Crippen LogP contribution in [-0.2, 0) is 28.0 Å². The molecule has 2 aliphatic carbocycles. The van der Waals surface area contributed by atoms with Gasteiger partial charge in [-0.2, -0.15) is 0 Å². The number of fused-ring (bicyclic) bond motifs is 2. The van der Waals surface area contributed by atoms with Gasteiger partial charge in [-0.05, 0) is 0 Å². The molecule has 6 rings (SSSR count). The maximum atomic E-state index is 2.88. The van der Waals surface area contributed by atoms with Gasteiger partial charge in [0.05, 0.1) is 0 Å². The summed E-state index contributed by atoms with van der Waals surface area (Å²) in [6, 6.07) is 34.5. The molecule has 2 unspecified atom stereocenters. The molecule has 0 bridgehead atoms. The van der Waals surface area contributed by atoms with E-state index >= 15 is 0 Å². The Balaban J connectivity index is 1.47. The van der Waals surface area contributed by atoms with Crippen LogP contribution in [0, 0.1) is 0 Å². The van der Waals surface area contributed by atoms with Crippen molar-refractivity contribution >= 4 is 17.6 Å². The van der Waals surface area contributed by atoms with Gasteiger partial charge < -0.3 is 0 Å². The summed E-state index contributed by atoms with van der Waals surface area (Å²) >= 11 is -3.83. The van der Waals surface area contributed by atoms with Crippen molar-refractivity contribution in [2.45, 2.75) is 101 Å². The number of allylic oxidation sites excluding steroid dienone is 2. The zero-order valence-corrected chi connectivity index (χ0v) is 35.3. The molecule has 0 aliphatic heterocycles. The van der Waals surface area contributed by atoms with E-state index in [1.165, 1.54) is 63.4 Å². The second kappa shape index (κ2) is 12.4. The van der Waals surface area contributed by atoms with Crippen LogP contribution in [0.1, 0.15) is 102 Å². The van der Waals surface area contributed by atoms with Gasteiger partial charge in [0.25, 0.3) is 0 Å². The summed E-state index contributed by atoms with van der Waals surface area (Å²) in [5, 5.41) is 0. The van der Waals surface area contributed by atoms with Crippen LogP contribution in [0.3, 0.4) is 0 Å². The molecule has 0 amide bonds. The second-order valence-corrected chi connectivity index (χ2v) is 64.8. The van der Waals surface area contributed by atoms with Gasteiger partial charge in [-0.1, -0.05) is 0 Å². The molecule has 0 spiro atoms. The van der Waals surface area contributed by atoms with E-state index in [2.05, 4.69) is 174 Å². The van der Waals surface area contributed by atoms with E-state index < -0.39 is 22.6 Å². The van der Waals surface area contributed by atoms with Crippen molar-refractivity contribution in [3.63, 3.8) is 0 Å². The average Bonchev–Trinajstić information content (AvgIpc) is 3.69. The van der Waals surface area contributed by atoms with Crippen LogP contribution >= 0.6 is 0 Å². The van der Waals surface area contributed by atoms with Crippen LogP contribution < -0.4 is 0 Å². The van der Waals surface area contributed by atoms with E-state index in [1.807, 2.05) is 0 Å². The quantitative estimate of drug-likeness (QED) is 0.163. The first-order chi connectivity index (χ1) is 22.1. The molecule has 2 heteroatoms. The molecule has 2 atom stereocenters. The molecule has 4 aromatic rings. The molecule has 0 saturated carbocycles. The van der Waals surface area contributed by atoms with E-state index in [0.717, 1.165) is 0 Å². The normalized spacial score (nSPS) is 17.6. The van der Waals surface area contributed by atoms with E-state index in [4.69, 9.17) is 0 Å². The number of benzene rings is 4. The molecule has 0 N–H and O–H groups in total. The first-order valence-corrected chi connectivity index (χ1v) is 36.9. The fraction of sp³-hybridized carbons (Fsp3) is 0.378. The molecular weight excluding hydrogens is 747 g/mol. The average molecular weight is 804 g/mol. The van der Waals surface area contributed by atoms with Gasteiger partial charge in [-0.3, -0.25) is 0 Å². The Hall–Kier alpha value is -2.55. The Labute approximate surface area is 287 Å². The van der Waals surface area contributed by atoms with Crippen molar-refractivity contribution < 1.29 is 17.1 Å². The topological polar surface area (TPSA) is 0 Å². The Morgan fingerprint density at radius 2 is 1.00 bits per heavy atom. The van der Waals surface area contributed by atoms with Gasteiger partial charge in [-0.15, -0.1) is 0 Å². The van der Waals surface area contributed by atoms with Crippen molar-refractivity contribution in [2.24, 2.45) is 0 Å². The van der Waals surface area contributed by atoms with Crippen LogP contribution in [0.25, 0.3) is 34.4 Å². The molecule has 47 heavy (non-hydrogen) atoms. The fourth-order valence-corrected chi connectivity index (χ4v) is 52.3. The second-order valence-electron chi connectivity index (χ2n) is 17.4. The third kappa shape index (κ3) is 6.01. The SMILES string of the molecule is CCCC[Si](C)=[Hf]([CH3])([CH3])([CH]1C=Cc2c(-c3ccc(C(C)(C)C)cc3)cccc21)[CH]1C=Cc2c(-c3ccc(C(C)(C)C)cc3)cccc21. The number of hydrogen-bond acceptors (Lipinski definition) is 0. The molecule has 0 aromatic heterocycles. The summed E-state index contributed by atoms with van der Waals surface area (Å²) in [6.45, 7) is 18.9. The monoisotopic (exact) mass is 804 g/mol. The summed E-state index contributed by atoms with van der Waals surface area (Å²) in [5.41, 5.74) is 14.1. The van der Waals surface area contributed by atoms with E-state index in [9.17, 15) is 0 Å². The maximum absolute atomic E-state index is 3.83. The molecule has 4 aromatic carbocycles. The minimum absolute atomic E-state index is 0.159. The summed E-state index contributed by atoms with van der Waals surface area (Å²) in [6.07, 6.45) is 13.0. The van der Waals surface area contributed by atoms with Crippen molar-refractivity contribution in [2.75, 3.05) is 0 Å². The van der Waals surface area contributed by atoms with Crippen LogP contribution in [-0.4, -0.2) is 5.49 Å². The molecule has 244 valence electrons. The Morgan fingerprint density at radius 3 is 1.36 bits per heavy atom. The predicted octanol–water partition coefficient (Wildman–Crippen LogP) is 13.7. The number of hydrogen-bond donors (Lipinski definition) is 0. The first-order valence-electron chi connectivity index (χ1n) is 18.0. The molecule has 0 saturated heterocycles. The Morgan fingerprint density at radius 1 is 0.596 bits per heavy atom. The Bertz CT molecular complexity index is 1800.